The Hall–Kier alpha value is -2.64. The summed E-state index contributed by atoms with van der Waals surface area (Å²) in [7, 11) is 0. The molecule has 0 N–H and O–H groups in total. The Morgan fingerprint density at radius 2 is 1.55 bits per heavy atom. The van der Waals surface area contributed by atoms with Crippen LogP contribution in [-0.2, 0) is 13.1 Å². The molecule has 1 atom stereocenters. The molecule has 0 amide bonds. The zero-order valence-corrected chi connectivity index (χ0v) is 18.4. The Morgan fingerprint density at radius 1 is 0.871 bits per heavy atom. The lowest BCUT2D eigenvalue weighted by Gasteiger charge is -2.39. The Kier molecular flexibility index (Phi) is 7.04. The molecule has 6 nitrogen and oxygen atoms in total. The second-order valence-electron chi connectivity index (χ2n) is 8.76. The molecule has 1 aromatic heterocycles. The molecule has 1 fully saturated rings. The first-order chi connectivity index (χ1) is 15.1. The molecule has 1 saturated heterocycles. The van der Waals surface area contributed by atoms with Crippen LogP contribution in [0.3, 0.4) is 0 Å². The first-order valence-electron chi connectivity index (χ1n) is 11.1. The Labute approximate surface area is 183 Å². The SMILES string of the molecule is CC(C)C[C@H](c1nnnn1Cc1ccc(F)cc1)N1CCN(Cc2ccccc2)CC1. The topological polar surface area (TPSA) is 50.1 Å². The Bertz CT molecular complexity index is 932. The molecule has 0 aliphatic carbocycles. The number of nitrogens with zero attached hydrogens (tertiary/aromatic N) is 6. The van der Waals surface area contributed by atoms with Gasteiger partial charge in [0, 0.05) is 32.7 Å². The molecule has 164 valence electrons. The van der Waals surface area contributed by atoms with Crippen LogP contribution in [0.5, 0.6) is 0 Å². The third kappa shape index (κ3) is 5.74. The van der Waals surface area contributed by atoms with E-state index in [2.05, 4.69) is 69.5 Å². The first-order valence-corrected chi connectivity index (χ1v) is 11.1. The number of tetrazole rings is 1. The quantitative estimate of drug-likeness (QED) is 0.553. The molecular weight excluding hydrogens is 391 g/mol. The van der Waals surface area contributed by atoms with E-state index in [1.165, 1.54) is 17.7 Å². The summed E-state index contributed by atoms with van der Waals surface area (Å²) in [6.45, 7) is 10.1. The van der Waals surface area contributed by atoms with Crippen molar-refractivity contribution in [3.63, 3.8) is 0 Å². The molecule has 1 aliphatic rings. The number of hydrogen-bond donors (Lipinski definition) is 0. The van der Waals surface area contributed by atoms with E-state index in [1.807, 2.05) is 4.68 Å². The fraction of sp³-hybridized carbons (Fsp3) is 0.458. The fourth-order valence-corrected chi connectivity index (χ4v) is 4.26. The van der Waals surface area contributed by atoms with Crippen LogP contribution in [0.25, 0.3) is 0 Å². The van der Waals surface area contributed by atoms with Gasteiger partial charge in [-0.05, 0) is 46.0 Å². The number of hydrogen-bond acceptors (Lipinski definition) is 5. The monoisotopic (exact) mass is 422 g/mol. The molecule has 0 unspecified atom stereocenters. The standard InChI is InChI=1S/C24H31FN6/c1-19(2)16-23(24-26-27-28-31(24)18-21-8-10-22(25)11-9-21)30-14-12-29(13-15-30)17-20-6-4-3-5-7-20/h3-11,19,23H,12-18H2,1-2H3/t23-/m1/s1. The molecule has 0 saturated carbocycles. The van der Waals surface area contributed by atoms with E-state index < -0.39 is 0 Å². The first kappa shape index (κ1) is 21.6. The van der Waals surface area contributed by atoms with Gasteiger partial charge in [-0.15, -0.1) is 5.10 Å². The van der Waals surface area contributed by atoms with E-state index in [0.29, 0.717) is 12.5 Å². The highest BCUT2D eigenvalue weighted by atomic mass is 19.1. The fourth-order valence-electron chi connectivity index (χ4n) is 4.26. The lowest BCUT2D eigenvalue weighted by atomic mass is 10.0. The van der Waals surface area contributed by atoms with Crippen molar-refractivity contribution in [1.29, 1.82) is 0 Å². The van der Waals surface area contributed by atoms with Gasteiger partial charge in [0.1, 0.15) is 5.82 Å². The normalized spacial score (nSPS) is 16.6. The molecule has 3 aromatic rings. The summed E-state index contributed by atoms with van der Waals surface area (Å²) >= 11 is 0. The summed E-state index contributed by atoms with van der Waals surface area (Å²) in [4.78, 5) is 5.04. The van der Waals surface area contributed by atoms with Crippen molar-refractivity contribution in [1.82, 2.24) is 30.0 Å². The van der Waals surface area contributed by atoms with Crippen LogP contribution in [0, 0.1) is 11.7 Å². The molecular formula is C24H31FN6. The van der Waals surface area contributed by atoms with Crippen LogP contribution in [0.1, 0.15) is 43.3 Å². The van der Waals surface area contributed by atoms with Gasteiger partial charge in [0.25, 0.3) is 0 Å². The molecule has 31 heavy (non-hydrogen) atoms. The number of benzene rings is 2. The van der Waals surface area contributed by atoms with Gasteiger partial charge in [0.05, 0.1) is 12.6 Å². The number of aromatic nitrogens is 4. The highest BCUT2D eigenvalue weighted by Crippen LogP contribution is 2.28. The molecule has 4 rings (SSSR count). The summed E-state index contributed by atoms with van der Waals surface area (Å²) in [5, 5.41) is 12.7. The molecule has 2 heterocycles. The second kappa shape index (κ2) is 10.1. The van der Waals surface area contributed by atoms with Crippen molar-refractivity contribution in [2.75, 3.05) is 26.2 Å². The molecule has 1 aliphatic heterocycles. The van der Waals surface area contributed by atoms with Crippen LogP contribution in [-0.4, -0.2) is 56.2 Å². The third-order valence-corrected chi connectivity index (χ3v) is 5.89. The number of halogens is 1. The van der Waals surface area contributed by atoms with Crippen molar-refractivity contribution in [3.05, 3.63) is 77.4 Å². The Balaban J connectivity index is 1.45. The lowest BCUT2D eigenvalue weighted by molar-refractivity contribution is 0.0770. The highest BCUT2D eigenvalue weighted by molar-refractivity contribution is 5.17. The van der Waals surface area contributed by atoms with E-state index in [1.54, 1.807) is 12.1 Å². The van der Waals surface area contributed by atoms with Crippen molar-refractivity contribution in [3.8, 4) is 0 Å². The smallest absolute Gasteiger partial charge is 0.168 e. The van der Waals surface area contributed by atoms with Gasteiger partial charge >= 0.3 is 0 Å². The third-order valence-electron chi connectivity index (χ3n) is 5.89. The van der Waals surface area contributed by atoms with Crippen molar-refractivity contribution < 1.29 is 4.39 Å². The minimum Gasteiger partial charge on any atom is -0.297 e. The van der Waals surface area contributed by atoms with Gasteiger partial charge in [-0.3, -0.25) is 9.80 Å². The predicted octanol–water partition coefficient (Wildman–Crippen LogP) is 3.77. The zero-order chi connectivity index (χ0) is 21.6. The van der Waals surface area contributed by atoms with Gasteiger partial charge in [0.15, 0.2) is 5.82 Å². The van der Waals surface area contributed by atoms with Crippen LogP contribution in [0.4, 0.5) is 4.39 Å². The van der Waals surface area contributed by atoms with Gasteiger partial charge in [0.2, 0.25) is 0 Å². The maximum Gasteiger partial charge on any atom is 0.168 e. The van der Waals surface area contributed by atoms with Gasteiger partial charge < -0.3 is 0 Å². The molecule has 0 radical (unpaired) electrons. The Morgan fingerprint density at radius 3 is 2.23 bits per heavy atom. The molecule has 7 heteroatoms. The largest absolute Gasteiger partial charge is 0.297 e. The van der Waals surface area contributed by atoms with Crippen LogP contribution < -0.4 is 0 Å². The molecule has 0 bridgehead atoms. The van der Waals surface area contributed by atoms with Gasteiger partial charge in [-0.1, -0.05) is 56.3 Å². The minimum atomic E-state index is -0.230. The summed E-state index contributed by atoms with van der Waals surface area (Å²) < 4.78 is 15.1. The maximum absolute atomic E-state index is 13.3. The predicted molar refractivity (Wildman–Crippen MR) is 119 cm³/mol. The number of rotatable bonds is 8. The van der Waals surface area contributed by atoms with Gasteiger partial charge in [-0.2, -0.15) is 0 Å². The summed E-state index contributed by atoms with van der Waals surface area (Å²) in [5.41, 5.74) is 2.35. The minimum absolute atomic E-state index is 0.175. The molecule has 2 aromatic carbocycles. The van der Waals surface area contributed by atoms with E-state index in [-0.39, 0.29) is 11.9 Å². The maximum atomic E-state index is 13.3. The summed E-state index contributed by atoms with van der Waals surface area (Å²) in [6, 6.07) is 17.4. The van der Waals surface area contributed by atoms with Crippen LogP contribution >= 0.6 is 0 Å². The van der Waals surface area contributed by atoms with Crippen LogP contribution in [0.2, 0.25) is 0 Å². The van der Waals surface area contributed by atoms with Crippen molar-refractivity contribution >= 4 is 0 Å². The van der Waals surface area contributed by atoms with E-state index in [9.17, 15) is 4.39 Å². The second-order valence-corrected chi connectivity index (χ2v) is 8.76. The van der Waals surface area contributed by atoms with Crippen LogP contribution in [0.15, 0.2) is 54.6 Å². The van der Waals surface area contributed by atoms with Crippen molar-refractivity contribution in [2.45, 2.75) is 39.4 Å². The van der Waals surface area contributed by atoms with Gasteiger partial charge in [-0.25, -0.2) is 9.07 Å². The average Bonchev–Trinajstić information content (AvgIpc) is 3.23. The highest BCUT2D eigenvalue weighted by Gasteiger charge is 2.29. The average molecular weight is 423 g/mol. The van der Waals surface area contributed by atoms with Crippen molar-refractivity contribution in [2.24, 2.45) is 5.92 Å². The summed E-state index contributed by atoms with van der Waals surface area (Å²) in [5.74, 6) is 1.20. The lowest BCUT2D eigenvalue weighted by Crippen LogP contribution is -2.48. The van der Waals surface area contributed by atoms with E-state index in [0.717, 1.165) is 50.5 Å². The summed E-state index contributed by atoms with van der Waals surface area (Å²) in [6.07, 6.45) is 1.00. The molecule has 0 spiro atoms. The van der Waals surface area contributed by atoms with E-state index in [4.69, 9.17) is 0 Å². The van der Waals surface area contributed by atoms with E-state index >= 15 is 0 Å². The zero-order valence-electron chi connectivity index (χ0n) is 18.4. The number of piperazine rings is 1.